The molecule has 2 rings (SSSR count). The fourth-order valence-corrected chi connectivity index (χ4v) is 2.12. The number of hydrogen-bond donors (Lipinski definition) is 2. The van der Waals surface area contributed by atoms with Crippen molar-refractivity contribution in [1.82, 2.24) is 10.3 Å². The Morgan fingerprint density at radius 1 is 1.35 bits per heavy atom. The number of halogens is 2. The van der Waals surface area contributed by atoms with Crippen LogP contribution in [0.1, 0.15) is 6.92 Å². The van der Waals surface area contributed by atoms with Gasteiger partial charge in [0, 0.05) is 18.7 Å². The third-order valence-corrected chi connectivity index (χ3v) is 2.99. The van der Waals surface area contributed by atoms with E-state index in [0.717, 1.165) is 0 Å². The molecule has 0 fully saturated rings. The predicted octanol–water partition coefficient (Wildman–Crippen LogP) is 2.99. The molecule has 2 N–H and O–H groups in total. The highest BCUT2D eigenvalue weighted by molar-refractivity contribution is 6.02. The molecule has 2 amide bonds. The number of nitrogens with one attached hydrogen (secondary N) is 2. The summed E-state index contributed by atoms with van der Waals surface area (Å²) in [6.45, 7) is -0.781. The van der Waals surface area contributed by atoms with Gasteiger partial charge in [0.2, 0.25) is 0 Å². The Morgan fingerprint density at radius 2 is 2.13 bits per heavy atom. The van der Waals surface area contributed by atoms with E-state index in [1.807, 2.05) is 0 Å². The highest BCUT2D eigenvalue weighted by Gasteiger charge is 2.14. The summed E-state index contributed by atoms with van der Waals surface area (Å²) in [5, 5.41) is 5.86. The number of aromatic nitrogens is 1. The standard InChI is InChI=1S/C15H17F2N3O3/c1-9(8-22-2)19-15(21)20-11-5-6-12(23-14(16)17)13-10(11)4-3-7-18-13/h3-7,9,14H,8H2,1-2H3,(H2,19,20,21)/t9-/m0/s1. The fraction of sp³-hybridized carbons (Fsp3) is 0.333. The maximum atomic E-state index is 12.4. The number of amides is 2. The number of fused-ring (bicyclic) bond motifs is 1. The van der Waals surface area contributed by atoms with Crippen molar-refractivity contribution in [3.63, 3.8) is 0 Å². The molecule has 0 aliphatic carbocycles. The Hall–Kier alpha value is -2.48. The number of ether oxygens (including phenoxy) is 2. The van der Waals surface area contributed by atoms with Crippen LogP contribution in [0.5, 0.6) is 5.75 Å². The maximum Gasteiger partial charge on any atom is 0.387 e. The topological polar surface area (TPSA) is 72.5 Å². The zero-order valence-electron chi connectivity index (χ0n) is 12.7. The third-order valence-electron chi connectivity index (χ3n) is 2.99. The van der Waals surface area contributed by atoms with Crippen LogP contribution in [0.4, 0.5) is 19.3 Å². The van der Waals surface area contributed by atoms with E-state index in [2.05, 4.69) is 20.4 Å². The van der Waals surface area contributed by atoms with Crippen molar-refractivity contribution >= 4 is 22.6 Å². The zero-order valence-corrected chi connectivity index (χ0v) is 12.7. The van der Waals surface area contributed by atoms with E-state index in [0.29, 0.717) is 17.7 Å². The summed E-state index contributed by atoms with van der Waals surface area (Å²) < 4.78 is 34.2. The van der Waals surface area contributed by atoms with Crippen LogP contribution in [0, 0.1) is 0 Å². The normalized spacial score (nSPS) is 12.2. The SMILES string of the molecule is COC[C@H](C)NC(=O)Nc1ccc(OC(F)F)c2ncccc12. The first-order valence-electron chi connectivity index (χ1n) is 6.90. The molecule has 0 aliphatic heterocycles. The molecular weight excluding hydrogens is 308 g/mol. The average Bonchev–Trinajstić information content (AvgIpc) is 2.49. The lowest BCUT2D eigenvalue weighted by molar-refractivity contribution is -0.0489. The van der Waals surface area contributed by atoms with Crippen LogP contribution < -0.4 is 15.4 Å². The Bertz CT molecular complexity index is 682. The van der Waals surface area contributed by atoms with E-state index < -0.39 is 12.6 Å². The second-order valence-corrected chi connectivity index (χ2v) is 4.84. The van der Waals surface area contributed by atoms with Gasteiger partial charge in [0.05, 0.1) is 18.3 Å². The molecule has 1 aromatic heterocycles. The van der Waals surface area contributed by atoms with Crippen molar-refractivity contribution < 1.29 is 23.0 Å². The van der Waals surface area contributed by atoms with Crippen molar-refractivity contribution in [1.29, 1.82) is 0 Å². The van der Waals surface area contributed by atoms with Crippen LogP contribution >= 0.6 is 0 Å². The smallest absolute Gasteiger partial charge is 0.387 e. The Kier molecular flexibility index (Phi) is 5.64. The van der Waals surface area contributed by atoms with Gasteiger partial charge in [-0.2, -0.15) is 8.78 Å². The molecule has 0 radical (unpaired) electrons. The molecule has 1 atom stereocenters. The van der Waals surface area contributed by atoms with Gasteiger partial charge in [0.25, 0.3) is 0 Å². The molecule has 0 unspecified atom stereocenters. The summed E-state index contributed by atoms with van der Waals surface area (Å²) in [4.78, 5) is 16.0. The summed E-state index contributed by atoms with van der Waals surface area (Å²) in [5.74, 6) is -0.0469. The first-order chi connectivity index (χ1) is 11.0. The van der Waals surface area contributed by atoms with E-state index in [-0.39, 0.29) is 17.3 Å². The second-order valence-electron chi connectivity index (χ2n) is 4.84. The molecule has 0 spiro atoms. The summed E-state index contributed by atoms with van der Waals surface area (Å²) >= 11 is 0. The van der Waals surface area contributed by atoms with Gasteiger partial charge in [-0.25, -0.2) is 4.79 Å². The Balaban J connectivity index is 2.23. The van der Waals surface area contributed by atoms with E-state index in [1.54, 1.807) is 19.1 Å². The highest BCUT2D eigenvalue weighted by Crippen LogP contribution is 2.30. The summed E-state index contributed by atoms with van der Waals surface area (Å²) in [6.07, 6.45) is 1.46. The van der Waals surface area contributed by atoms with Gasteiger partial charge in [0.15, 0.2) is 5.75 Å². The van der Waals surface area contributed by atoms with Crippen LogP contribution in [-0.4, -0.2) is 37.4 Å². The highest BCUT2D eigenvalue weighted by atomic mass is 19.3. The average molecular weight is 325 g/mol. The van der Waals surface area contributed by atoms with E-state index in [4.69, 9.17) is 4.74 Å². The quantitative estimate of drug-likeness (QED) is 0.856. The first kappa shape index (κ1) is 16.9. The molecule has 0 saturated heterocycles. The van der Waals surface area contributed by atoms with Crippen molar-refractivity contribution in [2.75, 3.05) is 19.0 Å². The largest absolute Gasteiger partial charge is 0.432 e. The van der Waals surface area contributed by atoms with Crippen molar-refractivity contribution in [2.45, 2.75) is 19.6 Å². The zero-order chi connectivity index (χ0) is 16.8. The molecule has 1 heterocycles. The van der Waals surface area contributed by atoms with Crippen molar-refractivity contribution in [2.24, 2.45) is 0 Å². The van der Waals surface area contributed by atoms with Crippen molar-refractivity contribution in [3.8, 4) is 5.75 Å². The van der Waals surface area contributed by atoms with Gasteiger partial charge < -0.3 is 20.1 Å². The minimum atomic E-state index is -2.95. The lowest BCUT2D eigenvalue weighted by atomic mass is 10.1. The number of carbonyl (C=O) groups is 1. The van der Waals surface area contributed by atoms with Gasteiger partial charge in [0.1, 0.15) is 5.52 Å². The molecule has 0 bridgehead atoms. The van der Waals surface area contributed by atoms with Crippen LogP contribution in [-0.2, 0) is 4.74 Å². The van der Waals surface area contributed by atoms with E-state index >= 15 is 0 Å². The van der Waals surface area contributed by atoms with Crippen LogP contribution in [0.2, 0.25) is 0 Å². The molecule has 2 aromatic rings. The van der Waals surface area contributed by atoms with Gasteiger partial charge in [-0.05, 0) is 31.2 Å². The minimum absolute atomic E-state index is 0.0469. The lowest BCUT2D eigenvalue weighted by Gasteiger charge is -2.15. The molecular formula is C15H17F2N3O3. The number of benzene rings is 1. The van der Waals surface area contributed by atoms with Crippen LogP contribution in [0.25, 0.3) is 10.9 Å². The third kappa shape index (κ3) is 4.49. The number of carbonyl (C=O) groups excluding carboxylic acids is 1. The number of hydrogen-bond acceptors (Lipinski definition) is 4. The fourth-order valence-electron chi connectivity index (χ4n) is 2.12. The van der Waals surface area contributed by atoms with Crippen LogP contribution in [0.3, 0.4) is 0 Å². The Morgan fingerprint density at radius 3 is 2.83 bits per heavy atom. The lowest BCUT2D eigenvalue weighted by Crippen LogP contribution is -2.38. The summed E-state index contributed by atoms with van der Waals surface area (Å²) in [7, 11) is 1.54. The molecule has 8 heteroatoms. The van der Waals surface area contributed by atoms with Gasteiger partial charge in [-0.1, -0.05) is 0 Å². The maximum absolute atomic E-state index is 12.4. The first-order valence-corrected chi connectivity index (χ1v) is 6.90. The van der Waals surface area contributed by atoms with Crippen LogP contribution in [0.15, 0.2) is 30.5 Å². The number of rotatable bonds is 6. The minimum Gasteiger partial charge on any atom is -0.432 e. The number of methoxy groups -OCH3 is 1. The molecule has 0 aliphatic rings. The van der Waals surface area contributed by atoms with E-state index in [9.17, 15) is 13.6 Å². The number of nitrogens with zero attached hydrogens (tertiary/aromatic N) is 1. The number of alkyl halides is 2. The van der Waals surface area contributed by atoms with Gasteiger partial charge in [-0.3, -0.25) is 4.98 Å². The molecule has 6 nitrogen and oxygen atoms in total. The molecule has 124 valence electrons. The second kappa shape index (κ2) is 7.68. The van der Waals surface area contributed by atoms with E-state index in [1.165, 1.54) is 25.4 Å². The summed E-state index contributed by atoms with van der Waals surface area (Å²) in [5.41, 5.74) is 0.687. The molecule has 1 aromatic carbocycles. The van der Waals surface area contributed by atoms with Gasteiger partial charge >= 0.3 is 12.6 Å². The number of anilines is 1. The number of pyridine rings is 1. The monoisotopic (exact) mass is 325 g/mol. The molecule has 23 heavy (non-hydrogen) atoms. The number of urea groups is 1. The Labute approximate surface area is 131 Å². The van der Waals surface area contributed by atoms with Crippen molar-refractivity contribution in [3.05, 3.63) is 30.5 Å². The predicted molar refractivity (Wildman–Crippen MR) is 81.9 cm³/mol. The summed E-state index contributed by atoms with van der Waals surface area (Å²) in [6, 6.07) is 5.53. The molecule has 0 saturated carbocycles. The van der Waals surface area contributed by atoms with Gasteiger partial charge in [-0.15, -0.1) is 0 Å².